The number of hydrogen-bond donors (Lipinski definition) is 0. The highest BCUT2D eigenvalue weighted by atomic mass is 79.9. The third kappa shape index (κ3) is 2.81. The van der Waals surface area contributed by atoms with Gasteiger partial charge in [0.15, 0.2) is 5.13 Å². The van der Waals surface area contributed by atoms with Crippen LogP contribution in [0.2, 0.25) is 0 Å². The second-order valence-corrected chi connectivity index (χ2v) is 7.07. The fourth-order valence-electron chi connectivity index (χ4n) is 2.32. The maximum absolute atomic E-state index is 4.65. The van der Waals surface area contributed by atoms with Crippen LogP contribution in [0.4, 0.5) is 10.8 Å². The molecular formula is C14H17BrN4S. The predicted octanol–water partition coefficient (Wildman–Crippen LogP) is 3.24. The summed E-state index contributed by atoms with van der Waals surface area (Å²) in [5.74, 6) is 0. The average Bonchev–Trinajstić information content (AvgIpc) is 2.79. The zero-order chi connectivity index (χ0) is 14.1. The summed E-state index contributed by atoms with van der Waals surface area (Å²) in [5.41, 5.74) is 2.34. The van der Waals surface area contributed by atoms with Crippen LogP contribution >= 0.6 is 27.3 Å². The van der Waals surface area contributed by atoms with Crippen LogP contribution < -0.4 is 9.80 Å². The van der Waals surface area contributed by atoms with Gasteiger partial charge in [0.25, 0.3) is 0 Å². The Kier molecular flexibility index (Phi) is 3.94. The first-order chi connectivity index (χ1) is 9.63. The van der Waals surface area contributed by atoms with Crippen LogP contribution in [0.5, 0.6) is 0 Å². The lowest BCUT2D eigenvalue weighted by atomic mass is 10.3. The molecule has 2 aromatic rings. The molecule has 0 saturated carbocycles. The number of halogens is 1. The van der Waals surface area contributed by atoms with Crippen molar-refractivity contribution in [3.05, 3.63) is 33.5 Å². The molecule has 0 amide bonds. The summed E-state index contributed by atoms with van der Waals surface area (Å²) < 4.78 is 1.03. The number of pyridine rings is 1. The van der Waals surface area contributed by atoms with E-state index in [2.05, 4.69) is 55.6 Å². The van der Waals surface area contributed by atoms with Gasteiger partial charge in [-0.05, 0) is 35.8 Å². The monoisotopic (exact) mass is 352 g/mol. The Bertz CT molecular complexity index is 585. The fraction of sp³-hybridized carbons (Fsp3) is 0.429. The van der Waals surface area contributed by atoms with E-state index < -0.39 is 0 Å². The number of rotatable bonds is 2. The van der Waals surface area contributed by atoms with E-state index in [1.54, 1.807) is 11.3 Å². The number of thiazole rings is 1. The number of hydrogen-bond acceptors (Lipinski definition) is 5. The normalized spacial score (nSPS) is 15.8. The second-order valence-electron chi connectivity index (χ2n) is 4.97. The summed E-state index contributed by atoms with van der Waals surface area (Å²) in [6.45, 7) is 8.27. The van der Waals surface area contributed by atoms with E-state index in [0.29, 0.717) is 0 Å². The van der Waals surface area contributed by atoms with Crippen LogP contribution in [-0.2, 0) is 0 Å². The van der Waals surface area contributed by atoms with Gasteiger partial charge in [-0.25, -0.2) is 4.98 Å². The van der Waals surface area contributed by atoms with Crippen LogP contribution in [0.3, 0.4) is 0 Å². The van der Waals surface area contributed by atoms with Crippen molar-refractivity contribution in [3.8, 4) is 0 Å². The van der Waals surface area contributed by atoms with Crippen LogP contribution in [0.15, 0.2) is 22.9 Å². The van der Waals surface area contributed by atoms with Crippen molar-refractivity contribution in [1.82, 2.24) is 9.97 Å². The highest BCUT2D eigenvalue weighted by molar-refractivity contribution is 9.10. The molecule has 1 aliphatic heterocycles. The molecule has 0 N–H and O–H groups in total. The van der Waals surface area contributed by atoms with Crippen molar-refractivity contribution in [2.45, 2.75) is 13.8 Å². The zero-order valence-electron chi connectivity index (χ0n) is 11.6. The standard InChI is InChI=1S/C14H17BrN4S/c1-10-11(2)20-14(17-10)19-5-3-18(4-6-19)13-7-12(15)8-16-9-13/h7-9H,3-6H2,1-2H3. The van der Waals surface area contributed by atoms with Gasteiger partial charge in [-0.1, -0.05) is 0 Å². The summed E-state index contributed by atoms with van der Waals surface area (Å²) in [6, 6.07) is 2.13. The maximum atomic E-state index is 4.65. The van der Waals surface area contributed by atoms with Gasteiger partial charge in [0, 0.05) is 41.7 Å². The largest absolute Gasteiger partial charge is 0.367 e. The van der Waals surface area contributed by atoms with Crippen molar-refractivity contribution < 1.29 is 0 Å². The van der Waals surface area contributed by atoms with Gasteiger partial charge in [-0.3, -0.25) is 4.98 Å². The highest BCUT2D eigenvalue weighted by Crippen LogP contribution is 2.27. The lowest BCUT2D eigenvalue weighted by molar-refractivity contribution is 0.651. The summed E-state index contributed by atoms with van der Waals surface area (Å²) in [6.07, 6.45) is 3.75. The van der Waals surface area contributed by atoms with E-state index in [4.69, 9.17) is 0 Å². The van der Waals surface area contributed by atoms with Crippen LogP contribution in [0.1, 0.15) is 10.6 Å². The molecule has 2 aromatic heterocycles. The molecule has 3 heterocycles. The molecule has 6 heteroatoms. The molecule has 0 aromatic carbocycles. The Morgan fingerprint density at radius 3 is 2.40 bits per heavy atom. The van der Waals surface area contributed by atoms with E-state index in [-0.39, 0.29) is 0 Å². The summed E-state index contributed by atoms with van der Waals surface area (Å²) in [7, 11) is 0. The fourth-order valence-corrected chi connectivity index (χ4v) is 3.63. The molecule has 0 atom stereocenters. The Morgan fingerprint density at radius 1 is 1.10 bits per heavy atom. The minimum atomic E-state index is 1.01. The zero-order valence-corrected chi connectivity index (χ0v) is 14.0. The average molecular weight is 353 g/mol. The van der Waals surface area contributed by atoms with Crippen molar-refractivity contribution in [2.24, 2.45) is 0 Å². The maximum Gasteiger partial charge on any atom is 0.185 e. The van der Waals surface area contributed by atoms with Crippen molar-refractivity contribution in [3.63, 3.8) is 0 Å². The Balaban J connectivity index is 1.67. The van der Waals surface area contributed by atoms with Crippen LogP contribution in [-0.4, -0.2) is 36.1 Å². The first-order valence-electron chi connectivity index (χ1n) is 6.68. The molecule has 1 aliphatic rings. The summed E-state index contributed by atoms with van der Waals surface area (Å²) in [5, 5.41) is 1.16. The molecule has 106 valence electrons. The first kappa shape index (κ1) is 13.8. The van der Waals surface area contributed by atoms with Gasteiger partial charge in [-0.2, -0.15) is 0 Å². The van der Waals surface area contributed by atoms with E-state index in [9.17, 15) is 0 Å². The Morgan fingerprint density at radius 2 is 1.80 bits per heavy atom. The van der Waals surface area contributed by atoms with Crippen molar-refractivity contribution >= 4 is 38.1 Å². The minimum absolute atomic E-state index is 1.01. The lowest BCUT2D eigenvalue weighted by Crippen LogP contribution is -2.46. The summed E-state index contributed by atoms with van der Waals surface area (Å²) in [4.78, 5) is 15.0. The number of aromatic nitrogens is 2. The van der Waals surface area contributed by atoms with Gasteiger partial charge >= 0.3 is 0 Å². The molecule has 0 radical (unpaired) electrons. The van der Waals surface area contributed by atoms with Gasteiger partial charge in [0.1, 0.15) is 0 Å². The number of aryl methyl sites for hydroxylation is 2. The van der Waals surface area contributed by atoms with E-state index in [1.165, 1.54) is 10.6 Å². The topological polar surface area (TPSA) is 32.3 Å². The Labute approximate surface area is 131 Å². The molecule has 0 bridgehead atoms. The molecular weight excluding hydrogens is 336 g/mol. The number of piperazine rings is 1. The van der Waals surface area contributed by atoms with E-state index in [1.807, 2.05) is 12.4 Å². The predicted molar refractivity (Wildman–Crippen MR) is 88.0 cm³/mol. The second kappa shape index (κ2) is 5.69. The smallest absolute Gasteiger partial charge is 0.185 e. The number of anilines is 2. The minimum Gasteiger partial charge on any atom is -0.367 e. The third-order valence-corrected chi connectivity index (χ3v) is 5.19. The van der Waals surface area contributed by atoms with Crippen molar-refractivity contribution in [1.29, 1.82) is 0 Å². The van der Waals surface area contributed by atoms with E-state index >= 15 is 0 Å². The number of nitrogens with zero attached hydrogens (tertiary/aromatic N) is 4. The molecule has 1 saturated heterocycles. The molecule has 0 spiro atoms. The Hall–Kier alpha value is -1.14. The molecule has 3 rings (SSSR count). The molecule has 1 fully saturated rings. The van der Waals surface area contributed by atoms with Crippen LogP contribution in [0, 0.1) is 13.8 Å². The van der Waals surface area contributed by atoms with Gasteiger partial charge in [0.05, 0.1) is 17.6 Å². The lowest BCUT2D eigenvalue weighted by Gasteiger charge is -2.35. The SMILES string of the molecule is Cc1nc(N2CCN(c3cncc(Br)c3)CC2)sc1C. The van der Waals surface area contributed by atoms with Crippen molar-refractivity contribution in [2.75, 3.05) is 36.0 Å². The third-order valence-electron chi connectivity index (χ3n) is 3.62. The first-order valence-corrected chi connectivity index (χ1v) is 8.29. The van der Waals surface area contributed by atoms with Crippen LogP contribution in [0.25, 0.3) is 0 Å². The van der Waals surface area contributed by atoms with Gasteiger partial charge in [0.2, 0.25) is 0 Å². The van der Waals surface area contributed by atoms with Gasteiger partial charge < -0.3 is 9.80 Å². The summed E-state index contributed by atoms with van der Waals surface area (Å²) >= 11 is 5.28. The van der Waals surface area contributed by atoms with Gasteiger partial charge in [-0.15, -0.1) is 11.3 Å². The molecule has 0 aliphatic carbocycles. The molecule has 20 heavy (non-hydrogen) atoms. The van der Waals surface area contributed by atoms with E-state index in [0.717, 1.165) is 41.5 Å². The molecule has 0 unspecified atom stereocenters. The molecule has 4 nitrogen and oxygen atoms in total. The quantitative estimate of drug-likeness (QED) is 0.830. The highest BCUT2D eigenvalue weighted by Gasteiger charge is 2.20.